The van der Waals surface area contributed by atoms with Crippen LogP contribution < -0.4 is 5.32 Å². The fraction of sp³-hybridized carbons (Fsp3) is 0.517. The summed E-state index contributed by atoms with van der Waals surface area (Å²) in [6.07, 6.45) is 0.576. The molecule has 2 saturated heterocycles. The number of nitrogens with one attached hydrogen (secondary N) is 1. The van der Waals surface area contributed by atoms with Gasteiger partial charge in [0, 0.05) is 52.4 Å². The molecule has 0 aromatic heterocycles. The van der Waals surface area contributed by atoms with Crippen LogP contribution in [-0.4, -0.2) is 97.0 Å². The van der Waals surface area contributed by atoms with Gasteiger partial charge in [0.2, 0.25) is 5.91 Å². The quantitative estimate of drug-likeness (QED) is 0.598. The van der Waals surface area contributed by atoms with Gasteiger partial charge in [-0.2, -0.15) is 0 Å². The first kappa shape index (κ1) is 28.0. The molecular weight excluding hydrogens is 488 g/mol. The maximum atomic E-state index is 13.6. The first-order valence-electron chi connectivity index (χ1n) is 13.5. The second-order valence-electron chi connectivity index (χ2n) is 10.8. The van der Waals surface area contributed by atoms with Gasteiger partial charge in [-0.25, -0.2) is 13.6 Å². The molecular formula is C29H39F2N5O2. The molecule has 2 fully saturated rings. The summed E-state index contributed by atoms with van der Waals surface area (Å²) >= 11 is 0. The number of nitrogens with zero attached hydrogens (tertiary/aromatic N) is 4. The van der Waals surface area contributed by atoms with Gasteiger partial charge in [-0.15, -0.1) is 0 Å². The zero-order chi connectivity index (χ0) is 27.2. The Morgan fingerprint density at radius 1 is 0.763 bits per heavy atom. The van der Waals surface area contributed by atoms with Crippen LogP contribution in [-0.2, 0) is 4.79 Å². The maximum absolute atomic E-state index is 13.6. The van der Waals surface area contributed by atoms with E-state index in [2.05, 4.69) is 29.0 Å². The molecule has 4 rings (SSSR count). The lowest BCUT2D eigenvalue weighted by Crippen LogP contribution is -2.58. The largest absolute Gasteiger partial charge is 0.338 e. The lowest BCUT2D eigenvalue weighted by molar-refractivity contribution is -0.135. The topological polar surface area (TPSA) is 59.1 Å². The highest BCUT2D eigenvalue weighted by molar-refractivity contribution is 5.87. The minimum Gasteiger partial charge on any atom is -0.338 e. The minimum absolute atomic E-state index is 0.0547. The standard InChI is InChI=1S/C29H39F2N5O2/c1-21(2)20-26(32-29(38)36-14-12-33(3)13-15-36)28(37)35-18-16-34(17-19-35)27(22-4-8-24(30)9-5-22)23-6-10-25(31)11-7-23/h4-11,21,26-27H,12-20H2,1-3H3,(H,32,38)/t26-/m0/s1. The van der Waals surface area contributed by atoms with Gasteiger partial charge in [-0.3, -0.25) is 9.69 Å². The lowest BCUT2D eigenvalue weighted by atomic mass is 9.96. The van der Waals surface area contributed by atoms with Gasteiger partial charge in [0.15, 0.2) is 0 Å². The zero-order valence-electron chi connectivity index (χ0n) is 22.6. The summed E-state index contributed by atoms with van der Waals surface area (Å²) in [5.74, 6) is -0.422. The van der Waals surface area contributed by atoms with E-state index in [-0.39, 0.29) is 35.5 Å². The number of amides is 3. The fourth-order valence-corrected chi connectivity index (χ4v) is 5.27. The molecule has 9 heteroatoms. The van der Waals surface area contributed by atoms with E-state index in [1.54, 1.807) is 29.2 Å². The summed E-state index contributed by atoms with van der Waals surface area (Å²) in [6.45, 7) is 9.27. The smallest absolute Gasteiger partial charge is 0.318 e. The average molecular weight is 528 g/mol. The van der Waals surface area contributed by atoms with Gasteiger partial charge in [0.05, 0.1) is 6.04 Å². The Bertz CT molecular complexity index is 1020. The van der Waals surface area contributed by atoms with E-state index in [1.807, 2.05) is 11.9 Å². The monoisotopic (exact) mass is 527 g/mol. The van der Waals surface area contributed by atoms with Crippen molar-refractivity contribution in [1.29, 1.82) is 0 Å². The van der Waals surface area contributed by atoms with Crippen molar-refractivity contribution in [2.24, 2.45) is 5.92 Å². The zero-order valence-corrected chi connectivity index (χ0v) is 22.6. The first-order valence-corrected chi connectivity index (χ1v) is 13.5. The van der Waals surface area contributed by atoms with Crippen LogP contribution in [0.15, 0.2) is 48.5 Å². The SMILES string of the molecule is CC(C)C[C@H](NC(=O)N1CCN(C)CC1)C(=O)N1CCN(C(c2ccc(F)cc2)c2ccc(F)cc2)CC1. The summed E-state index contributed by atoms with van der Waals surface area (Å²) in [5, 5.41) is 3.02. The normalized spacial score (nSPS) is 18.2. The number of piperazine rings is 2. The van der Waals surface area contributed by atoms with E-state index in [0.717, 1.165) is 24.2 Å². The highest BCUT2D eigenvalue weighted by atomic mass is 19.1. The first-order chi connectivity index (χ1) is 18.2. The van der Waals surface area contributed by atoms with Crippen LogP contribution in [0.3, 0.4) is 0 Å². The third-order valence-corrected chi connectivity index (χ3v) is 7.46. The van der Waals surface area contributed by atoms with Crippen LogP contribution >= 0.6 is 0 Å². The molecule has 2 aromatic rings. The molecule has 1 atom stereocenters. The molecule has 0 saturated carbocycles. The Labute approximate surface area is 224 Å². The molecule has 7 nitrogen and oxygen atoms in total. The number of carbonyl (C=O) groups excluding carboxylic acids is 2. The van der Waals surface area contributed by atoms with Crippen molar-refractivity contribution in [3.05, 3.63) is 71.3 Å². The number of carbonyl (C=O) groups is 2. The van der Waals surface area contributed by atoms with Crippen molar-refractivity contribution in [2.45, 2.75) is 32.4 Å². The second-order valence-corrected chi connectivity index (χ2v) is 10.8. The highest BCUT2D eigenvalue weighted by Crippen LogP contribution is 2.30. The predicted octanol–water partition coefficient (Wildman–Crippen LogP) is 3.57. The number of halogens is 2. The molecule has 0 aliphatic carbocycles. The highest BCUT2D eigenvalue weighted by Gasteiger charge is 2.33. The molecule has 0 spiro atoms. The lowest BCUT2D eigenvalue weighted by Gasteiger charge is -2.41. The summed E-state index contributed by atoms with van der Waals surface area (Å²) in [4.78, 5) is 34.6. The average Bonchev–Trinajstić information content (AvgIpc) is 2.90. The van der Waals surface area contributed by atoms with E-state index in [4.69, 9.17) is 0 Å². The Balaban J connectivity index is 1.43. The minimum atomic E-state index is -0.571. The molecule has 38 heavy (non-hydrogen) atoms. The molecule has 1 N–H and O–H groups in total. The van der Waals surface area contributed by atoms with Gasteiger partial charge in [-0.05, 0) is 54.8 Å². The van der Waals surface area contributed by atoms with Gasteiger partial charge >= 0.3 is 6.03 Å². The molecule has 2 aliphatic heterocycles. The number of hydrogen-bond donors (Lipinski definition) is 1. The summed E-state index contributed by atoms with van der Waals surface area (Å²) in [7, 11) is 2.04. The van der Waals surface area contributed by atoms with Gasteiger partial charge < -0.3 is 20.0 Å². The molecule has 206 valence electrons. The van der Waals surface area contributed by atoms with Crippen molar-refractivity contribution < 1.29 is 18.4 Å². The van der Waals surface area contributed by atoms with E-state index >= 15 is 0 Å². The number of urea groups is 1. The number of benzene rings is 2. The number of likely N-dealkylation sites (N-methyl/N-ethyl adjacent to an activating group) is 1. The molecule has 0 bridgehead atoms. The van der Waals surface area contributed by atoms with Crippen LogP contribution in [0.1, 0.15) is 37.4 Å². The van der Waals surface area contributed by atoms with E-state index in [1.165, 1.54) is 24.3 Å². The summed E-state index contributed by atoms with van der Waals surface area (Å²) in [5.41, 5.74) is 1.82. The second kappa shape index (κ2) is 12.7. The Morgan fingerprint density at radius 3 is 1.71 bits per heavy atom. The molecule has 2 aliphatic rings. The van der Waals surface area contributed by atoms with Crippen LogP contribution in [0.4, 0.5) is 13.6 Å². The number of rotatable bonds is 7. The van der Waals surface area contributed by atoms with Crippen molar-refractivity contribution in [1.82, 2.24) is 24.9 Å². The van der Waals surface area contributed by atoms with E-state index in [9.17, 15) is 18.4 Å². The van der Waals surface area contributed by atoms with Crippen LogP contribution in [0, 0.1) is 17.6 Å². The molecule has 0 unspecified atom stereocenters. The summed E-state index contributed by atoms with van der Waals surface area (Å²) < 4.78 is 27.3. The third-order valence-electron chi connectivity index (χ3n) is 7.46. The predicted molar refractivity (Wildman–Crippen MR) is 144 cm³/mol. The van der Waals surface area contributed by atoms with E-state index < -0.39 is 6.04 Å². The van der Waals surface area contributed by atoms with Crippen molar-refractivity contribution in [3.8, 4) is 0 Å². The van der Waals surface area contributed by atoms with Crippen LogP contribution in [0.5, 0.6) is 0 Å². The van der Waals surface area contributed by atoms with Gasteiger partial charge in [0.1, 0.15) is 17.7 Å². The Morgan fingerprint density at radius 2 is 1.24 bits per heavy atom. The van der Waals surface area contributed by atoms with Crippen molar-refractivity contribution >= 4 is 11.9 Å². The van der Waals surface area contributed by atoms with Crippen molar-refractivity contribution in [2.75, 3.05) is 59.4 Å². The summed E-state index contributed by atoms with van der Waals surface area (Å²) in [6, 6.07) is 11.8. The van der Waals surface area contributed by atoms with E-state index in [0.29, 0.717) is 45.7 Å². The number of hydrogen-bond acceptors (Lipinski definition) is 4. The van der Waals surface area contributed by atoms with Crippen LogP contribution in [0.2, 0.25) is 0 Å². The van der Waals surface area contributed by atoms with Gasteiger partial charge in [0.25, 0.3) is 0 Å². The van der Waals surface area contributed by atoms with Crippen LogP contribution in [0.25, 0.3) is 0 Å². The molecule has 0 radical (unpaired) electrons. The van der Waals surface area contributed by atoms with Crippen molar-refractivity contribution in [3.63, 3.8) is 0 Å². The molecule has 2 heterocycles. The Kier molecular flexibility index (Phi) is 9.33. The Hall–Kier alpha value is -3.04. The maximum Gasteiger partial charge on any atom is 0.318 e. The molecule has 3 amide bonds. The van der Waals surface area contributed by atoms with Gasteiger partial charge in [-0.1, -0.05) is 38.1 Å². The fourth-order valence-electron chi connectivity index (χ4n) is 5.27. The molecule has 2 aromatic carbocycles. The third kappa shape index (κ3) is 7.08.